The highest BCUT2D eigenvalue weighted by molar-refractivity contribution is 7.92. The van der Waals surface area contributed by atoms with E-state index >= 15 is 0 Å². The summed E-state index contributed by atoms with van der Waals surface area (Å²) in [7, 11) is -7.27. The van der Waals surface area contributed by atoms with Gasteiger partial charge in [-0.1, -0.05) is 18.2 Å². The Balaban J connectivity index is 1.47. The molecule has 8 nitrogen and oxygen atoms in total. The van der Waals surface area contributed by atoms with Gasteiger partial charge in [-0.05, 0) is 67.4 Å². The molecule has 1 heterocycles. The van der Waals surface area contributed by atoms with Gasteiger partial charge < -0.3 is 5.32 Å². The summed E-state index contributed by atoms with van der Waals surface area (Å²) >= 11 is 0. The second kappa shape index (κ2) is 10.4. The fraction of sp³-hybridized carbons (Fsp3) is 0.240. The topological polar surface area (TPSA) is 104 Å². The van der Waals surface area contributed by atoms with E-state index in [1.165, 1.54) is 71.0 Å². The lowest BCUT2D eigenvalue weighted by atomic mass is 10.1. The first kappa shape index (κ1) is 25.8. The first-order chi connectivity index (χ1) is 17.1. The summed E-state index contributed by atoms with van der Waals surface area (Å²) in [6.45, 7) is 0.825. The molecule has 3 aromatic rings. The van der Waals surface area contributed by atoms with Gasteiger partial charge in [0.15, 0.2) is 0 Å². The van der Waals surface area contributed by atoms with Crippen LogP contribution in [0, 0.1) is 5.82 Å². The monoisotopic (exact) mass is 531 g/mol. The maximum Gasteiger partial charge on any atom is 0.255 e. The summed E-state index contributed by atoms with van der Waals surface area (Å²) in [5.41, 5.74) is 1.20. The summed E-state index contributed by atoms with van der Waals surface area (Å²) in [4.78, 5) is 12.9. The Kier molecular flexibility index (Phi) is 7.43. The zero-order valence-corrected chi connectivity index (χ0v) is 21.2. The number of nitrogens with zero attached hydrogens (tertiary/aromatic N) is 2. The number of sulfonamides is 2. The highest BCUT2D eigenvalue weighted by Gasteiger charge is 2.27. The molecule has 3 aromatic carbocycles. The Morgan fingerprint density at radius 1 is 0.917 bits per heavy atom. The number of carbonyl (C=O) groups is 1. The van der Waals surface area contributed by atoms with E-state index in [1.807, 2.05) is 0 Å². The highest BCUT2D eigenvalue weighted by atomic mass is 32.2. The number of hydrogen-bond donors (Lipinski definition) is 1. The van der Waals surface area contributed by atoms with Crippen LogP contribution in [-0.2, 0) is 26.6 Å². The van der Waals surface area contributed by atoms with Crippen LogP contribution in [-0.4, -0.2) is 46.4 Å². The van der Waals surface area contributed by atoms with Gasteiger partial charge in [0.1, 0.15) is 5.82 Å². The second-order valence-corrected chi connectivity index (χ2v) is 12.3. The third-order valence-electron chi connectivity index (χ3n) is 5.90. The van der Waals surface area contributed by atoms with Gasteiger partial charge in [-0.2, -0.15) is 4.31 Å². The largest absolute Gasteiger partial charge is 0.322 e. The zero-order valence-electron chi connectivity index (χ0n) is 19.6. The summed E-state index contributed by atoms with van der Waals surface area (Å²) < 4.78 is 66.6. The van der Waals surface area contributed by atoms with E-state index in [1.54, 1.807) is 6.07 Å². The summed E-state index contributed by atoms with van der Waals surface area (Å²) in [5, 5.41) is 2.70. The highest BCUT2D eigenvalue weighted by Crippen LogP contribution is 2.24. The number of carbonyl (C=O) groups excluding carboxylic acids is 1. The van der Waals surface area contributed by atoms with Crippen LogP contribution >= 0.6 is 0 Å². The Bertz CT molecular complexity index is 1450. The first-order valence-corrected chi connectivity index (χ1v) is 14.6. The Hall–Kier alpha value is -3.28. The van der Waals surface area contributed by atoms with Gasteiger partial charge in [-0.15, -0.1) is 0 Å². The number of rotatable bonds is 8. The Morgan fingerprint density at radius 2 is 1.53 bits per heavy atom. The lowest BCUT2D eigenvalue weighted by Gasteiger charge is -2.23. The van der Waals surface area contributed by atoms with Crippen LogP contribution < -0.4 is 9.62 Å². The van der Waals surface area contributed by atoms with Gasteiger partial charge in [0.2, 0.25) is 20.0 Å². The molecule has 0 atom stereocenters. The van der Waals surface area contributed by atoms with Gasteiger partial charge >= 0.3 is 0 Å². The average molecular weight is 532 g/mol. The molecule has 1 amide bonds. The molecular formula is C25H26FN3O5S2. The number of anilines is 2. The maximum atomic E-state index is 14.1. The summed E-state index contributed by atoms with van der Waals surface area (Å²) in [5.74, 6) is -0.960. The van der Waals surface area contributed by atoms with Gasteiger partial charge in [-0.25, -0.2) is 21.2 Å². The average Bonchev–Trinajstić information content (AvgIpc) is 3.39. The lowest BCUT2D eigenvalue weighted by Crippen LogP contribution is -2.29. The van der Waals surface area contributed by atoms with Crippen molar-refractivity contribution in [1.82, 2.24) is 4.31 Å². The molecule has 1 fully saturated rings. The first-order valence-electron chi connectivity index (χ1n) is 11.3. The van der Waals surface area contributed by atoms with Crippen molar-refractivity contribution in [2.75, 3.05) is 29.0 Å². The van der Waals surface area contributed by atoms with Crippen molar-refractivity contribution in [2.45, 2.75) is 24.3 Å². The summed E-state index contributed by atoms with van der Waals surface area (Å²) in [6, 6.07) is 17.8. The van der Waals surface area contributed by atoms with Crippen molar-refractivity contribution in [2.24, 2.45) is 0 Å². The minimum atomic E-state index is -3.72. The molecule has 1 aliphatic heterocycles. The van der Waals surface area contributed by atoms with Gasteiger partial charge in [0, 0.05) is 29.9 Å². The van der Waals surface area contributed by atoms with E-state index in [0.29, 0.717) is 18.8 Å². The van der Waals surface area contributed by atoms with Crippen LogP contribution in [0.5, 0.6) is 0 Å². The molecule has 0 aliphatic carbocycles. The number of nitrogens with one attached hydrogen (secondary N) is 1. The lowest BCUT2D eigenvalue weighted by molar-refractivity contribution is 0.102. The van der Waals surface area contributed by atoms with Crippen LogP contribution in [0.25, 0.3) is 0 Å². The Morgan fingerprint density at radius 3 is 2.11 bits per heavy atom. The molecule has 0 bridgehead atoms. The van der Waals surface area contributed by atoms with E-state index in [4.69, 9.17) is 0 Å². The molecule has 11 heteroatoms. The third-order valence-corrected chi connectivity index (χ3v) is 8.96. The van der Waals surface area contributed by atoms with E-state index < -0.39 is 31.8 Å². The molecule has 0 unspecified atom stereocenters. The van der Waals surface area contributed by atoms with Gasteiger partial charge in [0.25, 0.3) is 5.91 Å². The molecule has 0 spiro atoms. The molecule has 0 radical (unpaired) electrons. The smallest absolute Gasteiger partial charge is 0.255 e. The number of amides is 1. The summed E-state index contributed by atoms with van der Waals surface area (Å²) in [6.07, 6.45) is 2.72. The molecule has 1 N–H and O–H groups in total. The molecule has 1 aliphatic rings. The van der Waals surface area contributed by atoms with Crippen LogP contribution in [0.3, 0.4) is 0 Å². The zero-order chi connectivity index (χ0) is 25.9. The second-order valence-electron chi connectivity index (χ2n) is 8.50. The van der Waals surface area contributed by atoms with Crippen molar-refractivity contribution in [3.63, 3.8) is 0 Å². The minimum absolute atomic E-state index is 0.169. The fourth-order valence-electron chi connectivity index (χ4n) is 3.95. The molecule has 4 rings (SSSR count). The van der Waals surface area contributed by atoms with Crippen LogP contribution in [0.15, 0.2) is 77.7 Å². The maximum absolute atomic E-state index is 14.1. The SMILES string of the molecule is CS(=O)(=O)N(Cc1ccccc1F)c1ccc(C(=O)Nc2ccc(S(=O)(=O)N3CCCC3)cc2)cc1. The van der Waals surface area contributed by atoms with E-state index in [2.05, 4.69) is 5.32 Å². The van der Waals surface area contributed by atoms with E-state index in [-0.39, 0.29) is 28.3 Å². The quantitative estimate of drug-likeness (QED) is 0.476. The van der Waals surface area contributed by atoms with Crippen LogP contribution in [0.4, 0.5) is 15.8 Å². The Labute approximate surface area is 210 Å². The molecule has 1 saturated heterocycles. The van der Waals surface area contributed by atoms with Crippen molar-refractivity contribution >= 4 is 37.3 Å². The van der Waals surface area contributed by atoms with Gasteiger partial charge in [-0.3, -0.25) is 9.10 Å². The predicted molar refractivity (Wildman–Crippen MR) is 136 cm³/mol. The van der Waals surface area contributed by atoms with Crippen LogP contribution in [0.2, 0.25) is 0 Å². The van der Waals surface area contributed by atoms with Crippen molar-refractivity contribution in [3.8, 4) is 0 Å². The minimum Gasteiger partial charge on any atom is -0.322 e. The van der Waals surface area contributed by atoms with Crippen LogP contribution in [0.1, 0.15) is 28.8 Å². The number of hydrogen-bond acceptors (Lipinski definition) is 5. The molecular weight excluding hydrogens is 505 g/mol. The standard InChI is InChI=1S/C25H26FN3O5S2/c1-35(31,32)29(18-20-6-2-3-7-24(20)26)22-12-8-19(9-13-22)25(30)27-21-10-14-23(15-11-21)36(33,34)28-16-4-5-17-28/h2-3,6-15H,4-5,16-18H2,1H3,(H,27,30). The van der Waals surface area contributed by atoms with Gasteiger partial charge in [0.05, 0.1) is 23.4 Å². The van der Waals surface area contributed by atoms with E-state index in [9.17, 15) is 26.0 Å². The van der Waals surface area contributed by atoms with Crippen molar-refractivity contribution in [1.29, 1.82) is 0 Å². The number of benzene rings is 3. The predicted octanol–water partition coefficient (Wildman–Crippen LogP) is 3.83. The van der Waals surface area contributed by atoms with E-state index in [0.717, 1.165) is 23.4 Å². The molecule has 190 valence electrons. The number of halogens is 1. The molecule has 0 saturated carbocycles. The van der Waals surface area contributed by atoms with Crippen molar-refractivity contribution < 1.29 is 26.0 Å². The third kappa shape index (κ3) is 5.75. The molecule has 0 aromatic heterocycles. The normalized spacial score (nSPS) is 14.5. The fourth-order valence-corrected chi connectivity index (χ4v) is 6.35. The van der Waals surface area contributed by atoms with Crippen molar-refractivity contribution in [3.05, 3.63) is 89.7 Å². The molecule has 36 heavy (non-hydrogen) atoms.